The van der Waals surface area contributed by atoms with Crippen molar-refractivity contribution in [3.8, 4) is 0 Å². The summed E-state index contributed by atoms with van der Waals surface area (Å²) in [4.78, 5) is 34.8. The van der Waals surface area contributed by atoms with Crippen LogP contribution in [0.3, 0.4) is 0 Å². The number of rotatable bonds is 2. The molecule has 1 aromatic heterocycles. The molecule has 2 heterocycles. The van der Waals surface area contributed by atoms with Gasteiger partial charge in [-0.25, -0.2) is 0 Å². The van der Waals surface area contributed by atoms with E-state index in [1.807, 2.05) is 0 Å². The van der Waals surface area contributed by atoms with Crippen molar-refractivity contribution in [2.24, 2.45) is 0 Å². The van der Waals surface area contributed by atoms with E-state index in [0.717, 1.165) is 0 Å². The molecule has 100 valence electrons. The van der Waals surface area contributed by atoms with Crippen molar-refractivity contribution >= 4 is 29.1 Å². The molecule has 20 heavy (non-hydrogen) atoms. The van der Waals surface area contributed by atoms with Gasteiger partial charge in [0.15, 0.2) is 0 Å². The lowest BCUT2D eigenvalue weighted by molar-refractivity contribution is 0.0878. The normalized spacial score (nSPS) is 13.0. The average Bonchev–Trinajstić information content (AvgIpc) is 2.95. The van der Waals surface area contributed by atoms with Crippen LogP contribution in [0.5, 0.6) is 0 Å². The molecule has 1 aliphatic rings. The van der Waals surface area contributed by atoms with E-state index in [2.05, 4.69) is 20.8 Å². The van der Waals surface area contributed by atoms with Crippen LogP contribution in [0, 0.1) is 0 Å². The number of nitrogens with zero attached hydrogens (tertiary/aromatic N) is 1. The Balaban J connectivity index is 1.88. The predicted molar refractivity (Wildman–Crippen MR) is 69.2 cm³/mol. The molecule has 1 aliphatic heterocycles. The molecule has 2 aromatic rings. The Labute approximate surface area is 112 Å². The number of nitrogen functional groups attached to an aromatic ring is 1. The highest BCUT2D eigenvalue weighted by atomic mass is 16.2. The second-order valence-corrected chi connectivity index (χ2v) is 4.20. The minimum absolute atomic E-state index is 0.131. The third kappa shape index (κ3) is 1.79. The summed E-state index contributed by atoms with van der Waals surface area (Å²) in [5.41, 5.74) is 6.81. The van der Waals surface area contributed by atoms with Gasteiger partial charge in [-0.3, -0.25) is 24.8 Å². The van der Waals surface area contributed by atoms with Crippen LogP contribution in [0.2, 0.25) is 0 Å². The molecule has 0 radical (unpaired) electrons. The second-order valence-electron chi connectivity index (χ2n) is 4.20. The van der Waals surface area contributed by atoms with Crippen LogP contribution >= 0.6 is 0 Å². The van der Waals surface area contributed by atoms with E-state index in [1.54, 1.807) is 0 Å². The van der Waals surface area contributed by atoms with Crippen molar-refractivity contribution in [2.75, 3.05) is 11.1 Å². The topological polar surface area (TPSA) is 130 Å². The summed E-state index contributed by atoms with van der Waals surface area (Å²) in [6.07, 6.45) is 1.32. The fourth-order valence-electron chi connectivity index (χ4n) is 1.92. The molecule has 0 unspecified atom stereocenters. The Morgan fingerprint density at radius 3 is 2.65 bits per heavy atom. The molecule has 0 atom stereocenters. The zero-order chi connectivity index (χ0) is 14.3. The number of imide groups is 1. The fraction of sp³-hybridized carbons (Fsp3) is 0. The first-order chi connectivity index (χ1) is 9.56. The van der Waals surface area contributed by atoms with Gasteiger partial charge >= 0.3 is 0 Å². The van der Waals surface area contributed by atoms with Crippen LogP contribution < -0.4 is 16.4 Å². The number of carbonyl (C=O) groups excluding carboxylic acids is 3. The molecule has 0 saturated carbocycles. The summed E-state index contributed by atoms with van der Waals surface area (Å²) in [5.74, 6) is -1.41. The van der Waals surface area contributed by atoms with Crippen molar-refractivity contribution in [1.82, 2.24) is 15.5 Å². The number of benzene rings is 1. The molecule has 3 rings (SSSR count). The van der Waals surface area contributed by atoms with E-state index in [0.29, 0.717) is 5.69 Å². The lowest BCUT2D eigenvalue weighted by Crippen LogP contribution is -2.19. The number of aromatic nitrogens is 2. The van der Waals surface area contributed by atoms with Crippen molar-refractivity contribution in [3.05, 3.63) is 41.2 Å². The molecule has 0 aliphatic carbocycles. The first kappa shape index (κ1) is 11.9. The average molecular weight is 271 g/mol. The van der Waals surface area contributed by atoms with Gasteiger partial charge in [-0.15, -0.1) is 0 Å². The number of anilines is 2. The molecule has 0 bridgehead atoms. The third-order valence-corrected chi connectivity index (χ3v) is 2.89. The van der Waals surface area contributed by atoms with Gasteiger partial charge in [0.25, 0.3) is 17.7 Å². The number of H-pyrrole nitrogens is 1. The lowest BCUT2D eigenvalue weighted by Gasteiger charge is -2.05. The molecule has 8 heteroatoms. The standard InChI is InChI=1S/C12H9N5O3/c13-8-4-14-17-9(8)12(20)15-5-1-2-6-7(3-5)11(19)16-10(6)18/h1-4H,13H2,(H,14,17)(H,15,20)(H,16,18,19). The van der Waals surface area contributed by atoms with E-state index in [-0.39, 0.29) is 22.5 Å². The Morgan fingerprint density at radius 2 is 1.95 bits per heavy atom. The Morgan fingerprint density at radius 1 is 1.20 bits per heavy atom. The number of fused-ring (bicyclic) bond motifs is 1. The molecule has 1 aromatic carbocycles. The van der Waals surface area contributed by atoms with Gasteiger partial charge in [-0.05, 0) is 18.2 Å². The van der Waals surface area contributed by atoms with Crippen molar-refractivity contribution in [1.29, 1.82) is 0 Å². The predicted octanol–water partition coefficient (Wildman–Crippen LogP) is 0.128. The van der Waals surface area contributed by atoms with Crippen LogP contribution in [-0.2, 0) is 0 Å². The van der Waals surface area contributed by atoms with E-state index >= 15 is 0 Å². The van der Waals surface area contributed by atoms with E-state index in [9.17, 15) is 14.4 Å². The maximum absolute atomic E-state index is 11.9. The Kier molecular flexibility index (Phi) is 2.50. The number of carbonyl (C=O) groups is 3. The van der Waals surface area contributed by atoms with Crippen molar-refractivity contribution in [3.63, 3.8) is 0 Å². The largest absolute Gasteiger partial charge is 0.396 e. The quantitative estimate of drug-likeness (QED) is 0.577. The van der Waals surface area contributed by atoms with Crippen LogP contribution in [0.4, 0.5) is 11.4 Å². The minimum atomic E-state index is -0.484. The van der Waals surface area contributed by atoms with Crippen LogP contribution in [-0.4, -0.2) is 27.9 Å². The van der Waals surface area contributed by atoms with E-state index in [1.165, 1.54) is 24.4 Å². The molecule has 0 spiro atoms. The molecule has 0 saturated heterocycles. The smallest absolute Gasteiger partial charge is 0.275 e. The number of nitrogens with one attached hydrogen (secondary N) is 3. The first-order valence-corrected chi connectivity index (χ1v) is 5.66. The highest BCUT2D eigenvalue weighted by Crippen LogP contribution is 2.21. The van der Waals surface area contributed by atoms with Gasteiger partial charge in [-0.2, -0.15) is 5.10 Å². The molecule has 0 fully saturated rings. The minimum Gasteiger partial charge on any atom is -0.396 e. The van der Waals surface area contributed by atoms with Crippen LogP contribution in [0.25, 0.3) is 0 Å². The summed E-state index contributed by atoms with van der Waals surface area (Å²) in [7, 11) is 0. The maximum Gasteiger partial charge on any atom is 0.275 e. The maximum atomic E-state index is 11.9. The van der Waals surface area contributed by atoms with Crippen molar-refractivity contribution in [2.45, 2.75) is 0 Å². The summed E-state index contributed by atoms with van der Waals surface area (Å²) in [6.45, 7) is 0. The van der Waals surface area contributed by atoms with Gasteiger partial charge < -0.3 is 11.1 Å². The van der Waals surface area contributed by atoms with Gasteiger partial charge in [0, 0.05) is 5.69 Å². The first-order valence-electron chi connectivity index (χ1n) is 5.66. The van der Waals surface area contributed by atoms with Crippen LogP contribution in [0.1, 0.15) is 31.2 Å². The molecular formula is C12H9N5O3. The zero-order valence-corrected chi connectivity index (χ0v) is 10.1. The van der Waals surface area contributed by atoms with Gasteiger partial charge in [0.05, 0.1) is 23.0 Å². The number of hydrogen-bond donors (Lipinski definition) is 4. The third-order valence-electron chi connectivity index (χ3n) is 2.89. The number of aromatic amines is 1. The molecule has 5 N–H and O–H groups in total. The molecule has 8 nitrogen and oxygen atoms in total. The molecular weight excluding hydrogens is 262 g/mol. The van der Waals surface area contributed by atoms with Crippen molar-refractivity contribution < 1.29 is 14.4 Å². The van der Waals surface area contributed by atoms with Crippen LogP contribution in [0.15, 0.2) is 24.4 Å². The number of amides is 3. The summed E-state index contributed by atoms with van der Waals surface area (Å²) in [5, 5.41) is 10.9. The summed E-state index contributed by atoms with van der Waals surface area (Å²) in [6, 6.07) is 4.43. The highest BCUT2D eigenvalue weighted by molar-refractivity contribution is 6.22. The second kappa shape index (κ2) is 4.19. The van der Waals surface area contributed by atoms with Gasteiger partial charge in [0.2, 0.25) is 0 Å². The summed E-state index contributed by atoms with van der Waals surface area (Å²) < 4.78 is 0. The summed E-state index contributed by atoms with van der Waals surface area (Å²) >= 11 is 0. The molecule has 3 amide bonds. The number of hydrogen-bond acceptors (Lipinski definition) is 5. The van der Waals surface area contributed by atoms with E-state index in [4.69, 9.17) is 5.73 Å². The van der Waals surface area contributed by atoms with Gasteiger partial charge in [-0.1, -0.05) is 0 Å². The van der Waals surface area contributed by atoms with Gasteiger partial charge in [0.1, 0.15) is 5.69 Å². The SMILES string of the molecule is Nc1cn[nH]c1C(=O)Nc1ccc2c(c1)C(=O)NC2=O. The lowest BCUT2D eigenvalue weighted by atomic mass is 10.1. The number of nitrogens with two attached hydrogens (primary N) is 1. The monoisotopic (exact) mass is 271 g/mol. The Bertz CT molecular complexity index is 749. The van der Waals surface area contributed by atoms with E-state index < -0.39 is 17.7 Å². The zero-order valence-electron chi connectivity index (χ0n) is 10.1. The fourth-order valence-corrected chi connectivity index (χ4v) is 1.92. The Hall–Kier alpha value is -3.16. The highest BCUT2D eigenvalue weighted by Gasteiger charge is 2.27.